The van der Waals surface area contributed by atoms with Crippen molar-refractivity contribution in [2.45, 2.75) is 13.3 Å². The van der Waals surface area contributed by atoms with Crippen molar-refractivity contribution in [3.8, 4) is 11.1 Å². The Morgan fingerprint density at radius 3 is 1.58 bits per heavy atom. The summed E-state index contributed by atoms with van der Waals surface area (Å²) in [5, 5.41) is 14.8. The predicted molar refractivity (Wildman–Crippen MR) is 103 cm³/mol. The van der Waals surface area contributed by atoms with Crippen molar-refractivity contribution in [3.63, 3.8) is 0 Å². The molecule has 0 saturated carbocycles. The van der Waals surface area contributed by atoms with Crippen molar-refractivity contribution in [3.05, 3.63) is 108 Å². The number of fused-ring (bicyclic) bond motifs is 1. The van der Waals surface area contributed by atoms with Crippen LogP contribution in [0.2, 0.25) is 0 Å². The highest BCUT2D eigenvalue weighted by atomic mass is 15.1. The third-order valence-electron chi connectivity index (χ3n) is 3.85. The van der Waals surface area contributed by atoms with Crippen LogP contribution >= 0.6 is 0 Å². The molecule has 0 spiro atoms. The number of aryl methyl sites for hydroxylation is 1. The largest absolute Gasteiger partial charge is 0.159 e. The molecular weight excluding hydrogens is 320 g/mol. The number of rotatable bonds is 2. The Morgan fingerprint density at radius 1 is 0.577 bits per heavy atom. The van der Waals surface area contributed by atoms with Gasteiger partial charge in [0.2, 0.25) is 0 Å². The number of nitrogens with zero attached hydrogens (tertiary/aromatic N) is 4. The normalized spacial score (nSPS) is 9.88. The van der Waals surface area contributed by atoms with E-state index in [1.807, 2.05) is 37.3 Å². The van der Waals surface area contributed by atoms with Crippen molar-refractivity contribution in [2.24, 2.45) is 0 Å². The Balaban J connectivity index is 0.000000126. The second-order valence-corrected chi connectivity index (χ2v) is 5.91. The zero-order valence-corrected chi connectivity index (χ0v) is 14.7. The molecule has 0 fully saturated rings. The van der Waals surface area contributed by atoms with Gasteiger partial charge in [-0.25, -0.2) is 0 Å². The minimum absolute atomic E-state index is 0.927. The zero-order valence-electron chi connectivity index (χ0n) is 14.7. The number of aromatic nitrogens is 4. The molecular formula is C22H20N4. The lowest BCUT2D eigenvalue weighted by molar-refractivity contribution is 0.994. The van der Waals surface area contributed by atoms with Crippen LogP contribution in [0.1, 0.15) is 16.7 Å². The summed E-state index contributed by atoms with van der Waals surface area (Å²) in [6.07, 6.45) is 7.84. The fraction of sp³-hybridized carbons (Fsp3) is 0.0909. The number of benzene rings is 2. The molecule has 2 aliphatic carbocycles. The third-order valence-corrected chi connectivity index (χ3v) is 3.85. The topological polar surface area (TPSA) is 51.6 Å². The van der Waals surface area contributed by atoms with Crippen LogP contribution in [-0.2, 0) is 6.42 Å². The van der Waals surface area contributed by atoms with Crippen LogP contribution in [0.5, 0.6) is 0 Å². The van der Waals surface area contributed by atoms with Gasteiger partial charge in [0.25, 0.3) is 0 Å². The lowest BCUT2D eigenvalue weighted by Crippen LogP contribution is -1.89. The Kier molecular flexibility index (Phi) is 6.15. The molecule has 5 rings (SSSR count). The first-order chi connectivity index (χ1) is 12.8. The molecule has 128 valence electrons. The van der Waals surface area contributed by atoms with Crippen molar-refractivity contribution >= 4 is 0 Å². The molecule has 0 radical (unpaired) electrons. The summed E-state index contributed by atoms with van der Waals surface area (Å²) in [5.74, 6) is 0. The maximum atomic E-state index is 3.83. The summed E-state index contributed by atoms with van der Waals surface area (Å²) in [6.45, 7) is 1.98. The van der Waals surface area contributed by atoms with Crippen LogP contribution in [0.15, 0.2) is 91.5 Å². The molecule has 0 atom stereocenters. The summed E-state index contributed by atoms with van der Waals surface area (Å²) < 4.78 is 0. The Hall–Kier alpha value is -3.40. The molecule has 0 N–H and O–H groups in total. The van der Waals surface area contributed by atoms with Crippen LogP contribution in [0.3, 0.4) is 0 Å². The van der Waals surface area contributed by atoms with Gasteiger partial charge in [0.05, 0.1) is 12.4 Å². The summed E-state index contributed by atoms with van der Waals surface area (Å²) >= 11 is 0. The summed E-state index contributed by atoms with van der Waals surface area (Å²) in [6, 6.07) is 22.7. The van der Waals surface area contributed by atoms with Crippen molar-refractivity contribution in [2.75, 3.05) is 0 Å². The van der Waals surface area contributed by atoms with Gasteiger partial charge in [0.15, 0.2) is 0 Å². The van der Waals surface area contributed by atoms with Crippen LogP contribution in [0, 0.1) is 6.92 Å². The molecule has 0 bridgehead atoms. The van der Waals surface area contributed by atoms with E-state index >= 15 is 0 Å². The minimum Gasteiger partial charge on any atom is -0.159 e. The second kappa shape index (κ2) is 9.18. The second-order valence-electron chi connectivity index (χ2n) is 5.91. The smallest absolute Gasteiger partial charge is 0.0531 e. The highest BCUT2D eigenvalue weighted by Crippen LogP contribution is 2.29. The predicted octanol–water partition coefficient (Wildman–Crippen LogP) is 4.52. The fourth-order valence-electron chi connectivity index (χ4n) is 2.27. The first-order valence-electron chi connectivity index (χ1n) is 8.44. The molecule has 2 aliphatic rings. The van der Waals surface area contributed by atoms with E-state index in [0.29, 0.717) is 0 Å². The summed E-state index contributed by atoms with van der Waals surface area (Å²) in [4.78, 5) is 0. The Labute approximate surface area is 153 Å². The van der Waals surface area contributed by atoms with E-state index < -0.39 is 0 Å². The Bertz CT molecular complexity index is 834. The van der Waals surface area contributed by atoms with Crippen molar-refractivity contribution in [1.29, 1.82) is 0 Å². The Morgan fingerprint density at radius 2 is 1.19 bits per heavy atom. The molecule has 2 aromatic heterocycles. The molecule has 0 amide bonds. The van der Waals surface area contributed by atoms with Gasteiger partial charge in [-0.2, -0.15) is 20.4 Å². The standard InChI is InChI=1S/C11H10N2.C6H4.C5H6N2/c1-2-4-10(5-3-1)8-11-6-7-12-13-9-11;1-2-6-4-3-5(1)6;1-5-2-3-6-7-4-5/h1-7,9H,8H2;1-4H;2-4H,1H3. The molecule has 3 aromatic rings. The summed E-state index contributed by atoms with van der Waals surface area (Å²) in [7, 11) is 0. The average molecular weight is 340 g/mol. The number of hydrogen-bond donors (Lipinski definition) is 0. The summed E-state index contributed by atoms with van der Waals surface area (Å²) in [5.41, 5.74) is 6.50. The van der Waals surface area contributed by atoms with E-state index in [2.05, 4.69) is 56.8 Å². The highest BCUT2D eigenvalue weighted by molar-refractivity contribution is 5.75. The zero-order chi connectivity index (χ0) is 18.0. The van der Waals surface area contributed by atoms with Gasteiger partial charge in [0.1, 0.15) is 0 Å². The van der Waals surface area contributed by atoms with E-state index in [4.69, 9.17) is 0 Å². The quantitative estimate of drug-likeness (QED) is 0.474. The van der Waals surface area contributed by atoms with Crippen molar-refractivity contribution in [1.82, 2.24) is 20.4 Å². The molecule has 1 aromatic carbocycles. The van der Waals surface area contributed by atoms with Gasteiger partial charge >= 0.3 is 0 Å². The lowest BCUT2D eigenvalue weighted by Gasteiger charge is -2.10. The first kappa shape index (κ1) is 17.4. The van der Waals surface area contributed by atoms with Gasteiger partial charge in [-0.05, 0) is 53.3 Å². The SMILES string of the molecule is Cc1ccnnc1.c1cc2ccc1-2.c1ccc(Cc2ccnnc2)cc1. The van der Waals surface area contributed by atoms with E-state index in [-0.39, 0.29) is 0 Å². The van der Waals surface area contributed by atoms with Gasteiger partial charge < -0.3 is 0 Å². The molecule has 0 saturated heterocycles. The van der Waals surface area contributed by atoms with Crippen LogP contribution < -0.4 is 0 Å². The maximum Gasteiger partial charge on any atom is 0.0531 e. The van der Waals surface area contributed by atoms with E-state index in [0.717, 1.165) is 12.0 Å². The van der Waals surface area contributed by atoms with Crippen molar-refractivity contribution < 1.29 is 0 Å². The molecule has 2 heterocycles. The lowest BCUT2D eigenvalue weighted by atomic mass is 9.95. The van der Waals surface area contributed by atoms with Crippen LogP contribution in [-0.4, -0.2) is 20.4 Å². The van der Waals surface area contributed by atoms with Gasteiger partial charge in [-0.15, -0.1) is 0 Å². The maximum absolute atomic E-state index is 3.83. The van der Waals surface area contributed by atoms with Gasteiger partial charge in [-0.1, -0.05) is 54.6 Å². The molecule has 0 aliphatic heterocycles. The first-order valence-corrected chi connectivity index (χ1v) is 8.44. The van der Waals surface area contributed by atoms with E-state index in [1.165, 1.54) is 22.3 Å². The molecule has 26 heavy (non-hydrogen) atoms. The third kappa shape index (κ3) is 5.31. The van der Waals surface area contributed by atoms with Crippen LogP contribution in [0.4, 0.5) is 0 Å². The number of hydrogen-bond acceptors (Lipinski definition) is 4. The van der Waals surface area contributed by atoms with Crippen LogP contribution in [0.25, 0.3) is 11.1 Å². The molecule has 4 heteroatoms. The van der Waals surface area contributed by atoms with Gasteiger partial charge in [-0.3, -0.25) is 0 Å². The highest BCUT2D eigenvalue weighted by Gasteiger charge is 2.04. The van der Waals surface area contributed by atoms with E-state index in [1.54, 1.807) is 24.8 Å². The monoisotopic (exact) mass is 340 g/mol. The molecule has 4 nitrogen and oxygen atoms in total. The fourth-order valence-corrected chi connectivity index (χ4v) is 2.27. The minimum atomic E-state index is 0.927. The molecule has 0 unspecified atom stereocenters. The average Bonchev–Trinajstić information content (AvgIpc) is 2.68. The van der Waals surface area contributed by atoms with Gasteiger partial charge in [0, 0.05) is 12.4 Å². The van der Waals surface area contributed by atoms with E-state index in [9.17, 15) is 0 Å².